The molecule has 88 valence electrons. The Bertz CT molecular complexity index is 412. The number of hydrogen-bond donors (Lipinski definition) is 2. The van der Waals surface area contributed by atoms with E-state index in [-0.39, 0.29) is 15.7 Å². The second kappa shape index (κ2) is 5.53. The molecule has 16 heavy (non-hydrogen) atoms. The second-order valence-corrected chi connectivity index (χ2v) is 4.47. The van der Waals surface area contributed by atoms with Gasteiger partial charge >= 0.3 is 0 Å². The van der Waals surface area contributed by atoms with Gasteiger partial charge in [0, 0.05) is 15.7 Å². The van der Waals surface area contributed by atoms with Gasteiger partial charge in [0.05, 0.1) is 12.2 Å². The number of carbonyl (C=O) groups excluding carboxylic acids is 1. The molecule has 1 aromatic rings. The molecule has 0 radical (unpaired) electrons. The number of aliphatic hydroxyl groups excluding tert-OH is 1. The molecule has 0 aliphatic heterocycles. The fraction of sp³-hybridized carbons (Fsp3) is 0.300. The predicted molar refractivity (Wildman–Crippen MR) is 63.1 cm³/mol. The molecule has 0 aromatic heterocycles. The van der Waals surface area contributed by atoms with Gasteiger partial charge in [-0.05, 0) is 35.6 Å². The van der Waals surface area contributed by atoms with Crippen LogP contribution in [0.4, 0.5) is 8.78 Å². The summed E-state index contributed by atoms with van der Waals surface area (Å²) >= 11 is 1.67. The maximum atomic E-state index is 13.3. The van der Waals surface area contributed by atoms with Gasteiger partial charge in [-0.1, -0.05) is 0 Å². The third-order valence-electron chi connectivity index (χ3n) is 1.91. The maximum Gasteiger partial charge on any atom is 0.254 e. The molecule has 0 bridgehead atoms. The smallest absolute Gasteiger partial charge is 0.254 e. The average molecular weight is 341 g/mol. The van der Waals surface area contributed by atoms with Crippen LogP contribution in [-0.2, 0) is 0 Å². The van der Waals surface area contributed by atoms with Crippen molar-refractivity contribution < 1.29 is 18.7 Å². The summed E-state index contributed by atoms with van der Waals surface area (Å²) < 4.78 is 26.4. The molecule has 1 rings (SSSR count). The van der Waals surface area contributed by atoms with Gasteiger partial charge in [-0.15, -0.1) is 0 Å². The van der Waals surface area contributed by atoms with E-state index in [0.29, 0.717) is 6.07 Å². The molecule has 0 saturated carbocycles. The third-order valence-corrected chi connectivity index (χ3v) is 2.73. The number of amides is 1. The Hall–Kier alpha value is -0.760. The van der Waals surface area contributed by atoms with E-state index in [4.69, 9.17) is 5.11 Å². The molecule has 1 aromatic carbocycles. The summed E-state index contributed by atoms with van der Waals surface area (Å²) in [5, 5.41) is 11.1. The lowest BCUT2D eigenvalue weighted by Crippen LogP contribution is -2.35. The number of benzene rings is 1. The highest BCUT2D eigenvalue weighted by atomic mass is 127. The highest BCUT2D eigenvalue weighted by Crippen LogP contribution is 2.16. The highest BCUT2D eigenvalue weighted by Gasteiger charge is 2.16. The van der Waals surface area contributed by atoms with Crippen molar-refractivity contribution in [3.8, 4) is 0 Å². The fourth-order valence-corrected chi connectivity index (χ4v) is 1.51. The molecule has 0 aliphatic rings. The van der Waals surface area contributed by atoms with E-state index in [1.165, 1.54) is 0 Å². The summed E-state index contributed by atoms with van der Waals surface area (Å²) in [5.74, 6) is -2.29. The van der Waals surface area contributed by atoms with E-state index < -0.39 is 23.6 Å². The molecular formula is C10H10F2INO2. The van der Waals surface area contributed by atoms with Crippen molar-refractivity contribution in [1.29, 1.82) is 0 Å². The summed E-state index contributed by atoms with van der Waals surface area (Å²) in [4.78, 5) is 11.5. The topological polar surface area (TPSA) is 49.3 Å². The number of aliphatic hydroxyl groups is 1. The molecule has 1 atom stereocenters. The minimum Gasteiger partial charge on any atom is -0.394 e. The Morgan fingerprint density at radius 2 is 2.12 bits per heavy atom. The quantitative estimate of drug-likeness (QED) is 0.649. The van der Waals surface area contributed by atoms with Crippen molar-refractivity contribution in [3.63, 3.8) is 0 Å². The van der Waals surface area contributed by atoms with Crippen LogP contribution >= 0.6 is 22.6 Å². The Kier molecular flexibility index (Phi) is 4.60. The normalized spacial score (nSPS) is 12.3. The molecular weight excluding hydrogens is 331 g/mol. The Labute approximate surface area is 105 Å². The lowest BCUT2D eigenvalue weighted by molar-refractivity contribution is 0.0918. The van der Waals surface area contributed by atoms with Crippen molar-refractivity contribution in [2.75, 3.05) is 6.61 Å². The second-order valence-electron chi connectivity index (χ2n) is 3.30. The molecule has 0 spiro atoms. The van der Waals surface area contributed by atoms with Crippen molar-refractivity contribution in [1.82, 2.24) is 5.32 Å². The van der Waals surface area contributed by atoms with Crippen LogP contribution in [0.2, 0.25) is 0 Å². The summed E-state index contributed by atoms with van der Waals surface area (Å²) in [5.41, 5.74) is -0.230. The van der Waals surface area contributed by atoms with Crippen LogP contribution in [0.25, 0.3) is 0 Å². The first-order valence-corrected chi connectivity index (χ1v) is 5.60. The van der Waals surface area contributed by atoms with Crippen LogP contribution < -0.4 is 5.32 Å². The number of hydrogen-bond acceptors (Lipinski definition) is 2. The van der Waals surface area contributed by atoms with E-state index in [9.17, 15) is 13.6 Å². The molecule has 6 heteroatoms. The minimum absolute atomic E-state index is 0.167. The molecule has 0 fully saturated rings. The van der Waals surface area contributed by atoms with E-state index in [2.05, 4.69) is 5.32 Å². The summed E-state index contributed by atoms with van der Waals surface area (Å²) in [7, 11) is 0. The molecule has 2 N–H and O–H groups in total. The monoisotopic (exact) mass is 341 g/mol. The first kappa shape index (κ1) is 13.3. The summed E-state index contributed by atoms with van der Waals surface area (Å²) in [6, 6.07) is 1.32. The van der Waals surface area contributed by atoms with Gasteiger partial charge < -0.3 is 10.4 Å². The molecule has 0 saturated heterocycles. The molecule has 3 nitrogen and oxygen atoms in total. The van der Waals surface area contributed by atoms with Crippen LogP contribution in [0.15, 0.2) is 12.1 Å². The zero-order valence-electron chi connectivity index (χ0n) is 8.43. The molecule has 0 unspecified atom stereocenters. The maximum absolute atomic E-state index is 13.3. The minimum atomic E-state index is -0.916. The van der Waals surface area contributed by atoms with Gasteiger partial charge in [0.15, 0.2) is 0 Å². The van der Waals surface area contributed by atoms with Crippen LogP contribution in [0.5, 0.6) is 0 Å². The number of carbonyl (C=O) groups is 1. The van der Waals surface area contributed by atoms with Gasteiger partial charge in [0.25, 0.3) is 5.91 Å². The van der Waals surface area contributed by atoms with Crippen LogP contribution in [-0.4, -0.2) is 23.7 Å². The van der Waals surface area contributed by atoms with E-state index in [1.54, 1.807) is 29.5 Å². The van der Waals surface area contributed by atoms with Crippen molar-refractivity contribution in [2.45, 2.75) is 13.0 Å². The number of nitrogens with one attached hydrogen (secondary N) is 1. The highest BCUT2D eigenvalue weighted by molar-refractivity contribution is 14.1. The fourth-order valence-electron chi connectivity index (χ4n) is 1.04. The molecule has 0 heterocycles. The van der Waals surface area contributed by atoms with E-state index >= 15 is 0 Å². The summed E-state index contributed by atoms with van der Waals surface area (Å²) in [6.07, 6.45) is 0. The number of halogens is 3. The van der Waals surface area contributed by atoms with E-state index in [0.717, 1.165) is 6.07 Å². The molecule has 0 aliphatic carbocycles. The largest absolute Gasteiger partial charge is 0.394 e. The van der Waals surface area contributed by atoms with Crippen LogP contribution in [0.1, 0.15) is 17.3 Å². The van der Waals surface area contributed by atoms with Gasteiger partial charge in [0.1, 0.15) is 11.6 Å². The van der Waals surface area contributed by atoms with Gasteiger partial charge in [-0.25, -0.2) is 8.78 Å². The van der Waals surface area contributed by atoms with Gasteiger partial charge in [-0.3, -0.25) is 4.79 Å². The third kappa shape index (κ3) is 3.11. The standard InChI is InChI=1S/C10H10F2INO2/c1-5(4-15)14-10(16)6-2-9(13)8(12)3-7(6)11/h2-3,5,15H,4H2,1H3,(H,14,16)/t5-/m1/s1. The van der Waals surface area contributed by atoms with Gasteiger partial charge in [-0.2, -0.15) is 0 Å². The number of rotatable bonds is 3. The Balaban J connectivity index is 2.96. The zero-order chi connectivity index (χ0) is 12.3. The lowest BCUT2D eigenvalue weighted by Gasteiger charge is -2.11. The van der Waals surface area contributed by atoms with Crippen LogP contribution in [0.3, 0.4) is 0 Å². The summed E-state index contributed by atoms with van der Waals surface area (Å²) in [6.45, 7) is 1.33. The SMILES string of the molecule is C[C@H](CO)NC(=O)c1cc(I)c(F)cc1F. The Morgan fingerprint density at radius 3 is 2.69 bits per heavy atom. The van der Waals surface area contributed by atoms with E-state index in [1.807, 2.05) is 0 Å². The van der Waals surface area contributed by atoms with Crippen molar-refractivity contribution >= 4 is 28.5 Å². The van der Waals surface area contributed by atoms with Crippen molar-refractivity contribution in [2.24, 2.45) is 0 Å². The average Bonchev–Trinajstić information content (AvgIpc) is 2.23. The first-order chi connectivity index (χ1) is 7.45. The van der Waals surface area contributed by atoms with Gasteiger partial charge in [0.2, 0.25) is 0 Å². The zero-order valence-corrected chi connectivity index (χ0v) is 10.6. The first-order valence-electron chi connectivity index (χ1n) is 4.52. The molecule has 1 amide bonds. The van der Waals surface area contributed by atoms with Crippen LogP contribution in [0, 0.1) is 15.2 Å². The lowest BCUT2D eigenvalue weighted by atomic mass is 10.2. The predicted octanol–water partition coefficient (Wildman–Crippen LogP) is 1.68. The van der Waals surface area contributed by atoms with Crippen molar-refractivity contribution in [3.05, 3.63) is 32.9 Å². The Morgan fingerprint density at radius 1 is 1.50 bits per heavy atom.